The average Bonchev–Trinajstić information content (AvgIpc) is 3.31. The Morgan fingerprint density at radius 1 is 0.714 bits per heavy atom. The Bertz CT molecular complexity index is 1550. The minimum absolute atomic E-state index is 0.0275. The molecule has 0 saturated carbocycles. The highest BCUT2D eigenvalue weighted by atomic mass is 79.9. The molecule has 0 aromatic heterocycles. The maximum atomic E-state index is 6.07. The summed E-state index contributed by atoms with van der Waals surface area (Å²) in [5.74, 6) is 4.38. The van der Waals surface area contributed by atoms with Crippen LogP contribution in [0.2, 0.25) is 0 Å². The van der Waals surface area contributed by atoms with Crippen LogP contribution >= 0.6 is 15.9 Å². The predicted octanol–water partition coefficient (Wildman–Crippen LogP) is 8.26. The van der Waals surface area contributed by atoms with Crippen LogP contribution in [0.4, 0.5) is 0 Å². The van der Waals surface area contributed by atoms with E-state index in [0.29, 0.717) is 0 Å². The van der Waals surface area contributed by atoms with Crippen LogP contribution in [0.1, 0.15) is 58.4 Å². The topological polar surface area (TPSA) is 55.4 Å². The van der Waals surface area contributed by atoms with E-state index in [0.717, 1.165) is 66.8 Å². The van der Waals surface area contributed by atoms with Crippen molar-refractivity contribution in [2.75, 3.05) is 42.7 Å². The molecule has 3 unspecified atom stereocenters. The zero-order valence-corrected chi connectivity index (χ0v) is 26.7. The molecule has 0 heterocycles. The Balaban J connectivity index is 1.89. The summed E-state index contributed by atoms with van der Waals surface area (Å²) < 4.78 is 35.7. The van der Waals surface area contributed by atoms with E-state index in [1.807, 2.05) is 49.4 Å². The molecule has 4 atom stereocenters. The van der Waals surface area contributed by atoms with Gasteiger partial charge in [-0.05, 0) is 75.5 Å². The van der Waals surface area contributed by atoms with Crippen LogP contribution < -0.4 is 23.7 Å². The first-order valence-corrected chi connectivity index (χ1v) is 14.6. The van der Waals surface area contributed by atoms with Crippen LogP contribution in [-0.2, 0) is 4.74 Å². The Morgan fingerprint density at radius 2 is 1.36 bits per heavy atom. The van der Waals surface area contributed by atoms with Crippen molar-refractivity contribution in [3.63, 3.8) is 0 Å². The number of hydrogen-bond donors (Lipinski definition) is 0. The van der Waals surface area contributed by atoms with Crippen LogP contribution in [0.3, 0.4) is 0 Å². The van der Waals surface area contributed by atoms with Crippen LogP contribution in [-0.4, -0.2) is 42.7 Å². The summed E-state index contributed by atoms with van der Waals surface area (Å²) in [7, 11) is 10.1. The van der Waals surface area contributed by atoms with Gasteiger partial charge in [0.2, 0.25) is 0 Å². The zero-order chi connectivity index (χ0) is 30.1. The van der Waals surface area contributed by atoms with Gasteiger partial charge in [0, 0.05) is 46.9 Å². The lowest BCUT2D eigenvalue weighted by Gasteiger charge is -2.40. The molecule has 6 nitrogen and oxygen atoms in total. The Labute approximate surface area is 256 Å². The second-order valence-electron chi connectivity index (χ2n) is 10.3. The summed E-state index contributed by atoms with van der Waals surface area (Å²) in [5, 5.41) is 0. The number of halogens is 1. The fraction of sp³-hybridized carbons (Fsp3) is 0.314. The molecular formula is C35H37BrO6. The van der Waals surface area contributed by atoms with E-state index < -0.39 is 0 Å². The molecule has 3 aromatic carbocycles. The molecule has 220 valence electrons. The van der Waals surface area contributed by atoms with Crippen molar-refractivity contribution in [1.29, 1.82) is 0 Å². The number of fused-ring (bicyclic) bond motifs is 7. The molecule has 2 aliphatic rings. The molecule has 0 spiro atoms. The Morgan fingerprint density at radius 3 is 1.93 bits per heavy atom. The molecule has 5 rings (SSSR count). The zero-order valence-electron chi connectivity index (χ0n) is 25.1. The molecule has 0 fully saturated rings. The van der Waals surface area contributed by atoms with E-state index in [2.05, 4.69) is 40.7 Å². The second-order valence-corrected chi connectivity index (χ2v) is 11.1. The highest BCUT2D eigenvalue weighted by Gasteiger charge is 2.55. The van der Waals surface area contributed by atoms with Crippen molar-refractivity contribution in [3.05, 3.63) is 111 Å². The van der Waals surface area contributed by atoms with Crippen LogP contribution in [0.25, 0.3) is 0 Å². The standard InChI is InChI=1S/C35H37BrO6/c1-9-21(37-3)13-10-19(2)28-30-24(16-23(39-5)17-25(30)40-6)31-29(20-11-14-22(38-4)15-12-20)33(28)34-32(31)26(41-7)18-27(42-8)35(34)36/h9-18,28-29,31,33H,2H2,1,3-8H3/b13-10-,21-9+/t28-,29?,31?,33?/m1/s1. The van der Waals surface area contributed by atoms with E-state index in [9.17, 15) is 0 Å². The fourth-order valence-electron chi connectivity index (χ4n) is 6.79. The largest absolute Gasteiger partial charge is 0.497 e. The number of ether oxygens (including phenoxy) is 6. The van der Waals surface area contributed by atoms with Crippen molar-refractivity contribution in [2.24, 2.45) is 0 Å². The normalized spacial score (nSPS) is 20.5. The number of hydrogen-bond acceptors (Lipinski definition) is 6. The molecule has 0 amide bonds. The van der Waals surface area contributed by atoms with Gasteiger partial charge >= 0.3 is 0 Å². The molecule has 42 heavy (non-hydrogen) atoms. The first-order valence-electron chi connectivity index (χ1n) is 13.8. The van der Waals surface area contributed by atoms with Gasteiger partial charge in [-0.2, -0.15) is 0 Å². The first-order chi connectivity index (χ1) is 20.4. The van der Waals surface area contributed by atoms with E-state index in [4.69, 9.17) is 28.4 Å². The van der Waals surface area contributed by atoms with Gasteiger partial charge in [-0.3, -0.25) is 0 Å². The van der Waals surface area contributed by atoms with Crippen LogP contribution in [0.15, 0.2) is 83.1 Å². The van der Waals surface area contributed by atoms with Gasteiger partial charge in [0.1, 0.15) is 34.5 Å². The molecule has 0 aliphatic heterocycles. The van der Waals surface area contributed by atoms with Crippen molar-refractivity contribution in [1.82, 2.24) is 0 Å². The van der Waals surface area contributed by atoms with Gasteiger partial charge in [-0.15, -0.1) is 0 Å². The highest BCUT2D eigenvalue weighted by Crippen LogP contribution is 2.70. The second kappa shape index (κ2) is 12.2. The summed E-state index contributed by atoms with van der Waals surface area (Å²) in [6.07, 6.45) is 5.94. The molecule has 0 saturated heterocycles. The first kappa shape index (κ1) is 29.6. The monoisotopic (exact) mass is 632 g/mol. The van der Waals surface area contributed by atoms with Gasteiger partial charge in [-0.25, -0.2) is 0 Å². The summed E-state index contributed by atoms with van der Waals surface area (Å²) >= 11 is 3.95. The molecule has 0 N–H and O–H groups in total. The SMILES string of the molecule is C=C(/C=C\C(=C/C)OC)[C@@H]1c2c(OC)cc(OC)cc2C2c3c(OC)cc(OC)c(Br)c3C1C2c1ccc(OC)cc1. The molecular weight excluding hydrogens is 596 g/mol. The molecule has 3 aromatic rings. The van der Waals surface area contributed by atoms with Gasteiger partial charge in [-0.1, -0.05) is 24.8 Å². The lowest BCUT2D eigenvalue weighted by molar-refractivity contribution is 0.306. The summed E-state index contributed by atoms with van der Waals surface area (Å²) in [6, 6.07) is 14.4. The van der Waals surface area contributed by atoms with E-state index in [1.165, 1.54) is 5.56 Å². The highest BCUT2D eigenvalue weighted by molar-refractivity contribution is 9.10. The smallest absolute Gasteiger partial charge is 0.137 e. The fourth-order valence-corrected chi connectivity index (χ4v) is 7.55. The van der Waals surface area contributed by atoms with Gasteiger partial charge in [0.05, 0.1) is 47.1 Å². The number of rotatable bonds is 10. The maximum absolute atomic E-state index is 6.07. The number of benzene rings is 3. The molecule has 2 aliphatic carbocycles. The van der Waals surface area contributed by atoms with Crippen LogP contribution in [0.5, 0.6) is 28.7 Å². The van der Waals surface area contributed by atoms with Gasteiger partial charge in [0.15, 0.2) is 0 Å². The third kappa shape index (κ3) is 4.74. The summed E-state index contributed by atoms with van der Waals surface area (Å²) in [4.78, 5) is 0. The minimum Gasteiger partial charge on any atom is -0.497 e. The lowest BCUT2D eigenvalue weighted by Crippen LogP contribution is -2.26. The quantitative estimate of drug-likeness (QED) is 0.166. The predicted molar refractivity (Wildman–Crippen MR) is 169 cm³/mol. The van der Waals surface area contributed by atoms with Crippen molar-refractivity contribution < 1.29 is 28.4 Å². The van der Waals surface area contributed by atoms with Crippen molar-refractivity contribution in [2.45, 2.75) is 30.6 Å². The number of methoxy groups -OCH3 is 6. The van der Waals surface area contributed by atoms with E-state index in [1.54, 1.807) is 42.7 Å². The van der Waals surface area contributed by atoms with E-state index in [-0.39, 0.29) is 23.7 Å². The number of allylic oxidation sites excluding steroid dienone is 4. The Hall–Kier alpha value is -3.84. The summed E-state index contributed by atoms with van der Waals surface area (Å²) in [6.45, 7) is 6.59. The minimum atomic E-state index is -0.148. The molecule has 7 heteroatoms. The average molecular weight is 634 g/mol. The third-order valence-corrected chi connectivity index (χ3v) is 9.41. The lowest BCUT2D eigenvalue weighted by atomic mass is 9.63. The van der Waals surface area contributed by atoms with Gasteiger partial charge in [0.25, 0.3) is 0 Å². The third-order valence-electron chi connectivity index (χ3n) is 8.59. The maximum Gasteiger partial charge on any atom is 0.137 e. The Kier molecular flexibility index (Phi) is 8.60. The van der Waals surface area contributed by atoms with Crippen molar-refractivity contribution >= 4 is 15.9 Å². The molecule has 2 bridgehead atoms. The van der Waals surface area contributed by atoms with E-state index >= 15 is 0 Å². The van der Waals surface area contributed by atoms with Crippen molar-refractivity contribution in [3.8, 4) is 28.7 Å². The van der Waals surface area contributed by atoms with Gasteiger partial charge < -0.3 is 28.4 Å². The van der Waals surface area contributed by atoms with Crippen LogP contribution in [0, 0.1) is 0 Å². The molecule has 0 radical (unpaired) electrons. The summed E-state index contributed by atoms with van der Waals surface area (Å²) in [5.41, 5.74) is 6.60.